The van der Waals surface area contributed by atoms with Crippen LogP contribution in [-0.4, -0.2) is 47.0 Å². The minimum Gasteiger partial charge on any atom is -0.490 e. The average molecular weight is 381 g/mol. The summed E-state index contributed by atoms with van der Waals surface area (Å²) in [6, 6.07) is 7.59. The molecule has 0 spiro atoms. The number of hydrogen-bond donors (Lipinski definition) is 0. The van der Waals surface area contributed by atoms with Crippen molar-refractivity contribution in [2.45, 2.75) is 19.4 Å². The van der Waals surface area contributed by atoms with E-state index in [0.717, 1.165) is 18.0 Å². The van der Waals surface area contributed by atoms with E-state index >= 15 is 0 Å². The molecule has 4 rings (SSSR count). The van der Waals surface area contributed by atoms with Gasteiger partial charge in [0, 0.05) is 31.1 Å². The zero-order valence-corrected chi connectivity index (χ0v) is 15.3. The second kappa shape index (κ2) is 7.80. The monoisotopic (exact) mass is 381 g/mol. The molecule has 1 aromatic heterocycles. The van der Waals surface area contributed by atoms with Crippen LogP contribution in [0.4, 0.5) is 10.3 Å². The number of carbonyl (C=O) groups excluding carboxylic acids is 1. The van der Waals surface area contributed by atoms with Crippen molar-refractivity contribution >= 4 is 11.9 Å². The molecule has 144 valence electrons. The summed E-state index contributed by atoms with van der Waals surface area (Å²) in [6.45, 7) is 2.63. The number of anilines is 1. The first-order chi connectivity index (χ1) is 13.7. The number of piperidine rings is 1. The highest BCUT2D eigenvalue weighted by atomic mass is 19.1. The van der Waals surface area contributed by atoms with Crippen LogP contribution >= 0.6 is 0 Å². The van der Waals surface area contributed by atoms with E-state index in [2.05, 4.69) is 16.0 Å². The number of benzene rings is 1. The lowest BCUT2D eigenvalue weighted by Crippen LogP contribution is -2.43. The molecule has 0 aliphatic carbocycles. The van der Waals surface area contributed by atoms with Gasteiger partial charge in [-0.1, -0.05) is 12.1 Å². The largest absolute Gasteiger partial charge is 0.490 e. The van der Waals surface area contributed by atoms with Crippen molar-refractivity contribution in [2.24, 2.45) is 5.92 Å². The summed E-state index contributed by atoms with van der Waals surface area (Å²) in [5.41, 5.74) is 1.36. The molecule has 3 heterocycles. The smallest absolute Gasteiger partial charge is 0.226 e. The summed E-state index contributed by atoms with van der Waals surface area (Å²) in [4.78, 5) is 24.9. The number of hydrogen-bond acceptors (Lipinski definition) is 6. The molecule has 0 bridgehead atoms. The van der Waals surface area contributed by atoms with Gasteiger partial charge in [-0.25, -0.2) is 14.4 Å². The van der Waals surface area contributed by atoms with Gasteiger partial charge in [-0.05, 0) is 18.9 Å². The second-order valence-corrected chi connectivity index (χ2v) is 6.98. The fourth-order valence-corrected chi connectivity index (χ4v) is 3.75. The Morgan fingerprint density at radius 1 is 1.21 bits per heavy atom. The first-order valence-corrected chi connectivity index (χ1v) is 9.32. The number of amides is 1. The fraction of sp³-hybridized carbons (Fsp3) is 0.400. The maximum absolute atomic E-state index is 13.1. The quantitative estimate of drug-likeness (QED) is 0.793. The molecule has 1 saturated heterocycles. The van der Waals surface area contributed by atoms with E-state index in [9.17, 15) is 14.4 Å². The van der Waals surface area contributed by atoms with Gasteiger partial charge in [0.1, 0.15) is 18.4 Å². The van der Waals surface area contributed by atoms with E-state index < -0.39 is 5.82 Å². The van der Waals surface area contributed by atoms with E-state index in [1.165, 1.54) is 0 Å². The molecule has 0 saturated carbocycles. The maximum Gasteiger partial charge on any atom is 0.226 e. The Morgan fingerprint density at radius 3 is 2.68 bits per heavy atom. The molecular formula is C20H20FN5O2. The van der Waals surface area contributed by atoms with Gasteiger partial charge in [-0.15, -0.1) is 0 Å². The predicted octanol–water partition coefficient (Wildman–Crippen LogP) is 2.12. The van der Waals surface area contributed by atoms with Gasteiger partial charge in [0.25, 0.3) is 0 Å². The topological polar surface area (TPSA) is 82.4 Å². The van der Waals surface area contributed by atoms with Crippen LogP contribution in [0.5, 0.6) is 5.75 Å². The highest BCUT2D eigenvalue weighted by Gasteiger charge is 2.31. The normalized spacial score (nSPS) is 17.3. The van der Waals surface area contributed by atoms with E-state index in [1.54, 1.807) is 6.07 Å². The Hall–Kier alpha value is -3.21. The molecular weight excluding hydrogens is 361 g/mol. The van der Waals surface area contributed by atoms with Gasteiger partial charge in [0.05, 0.1) is 24.5 Å². The van der Waals surface area contributed by atoms with Crippen LogP contribution < -0.4 is 9.64 Å². The molecule has 1 amide bonds. The third kappa shape index (κ3) is 3.60. The first kappa shape index (κ1) is 18.2. The molecule has 0 atom stereocenters. The Bertz CT molecular complexity index is 904. The van der Waals surface area contributed by atoms with Crippen LogP contribution in [0.15, 0.2) is 30.6 Å². The number of rotatable bonds is 2. The Labute approximate surface area is 162 Å². The zero-order valence-electron chi connectivity index (χ0n) is 15.3. The van der Waals surface area contributed by atoms with Gasteiger partial charge in [0.2, 0.25) is 11.9 Å². The molecule has 8 heteroatoms. The van der Waals surface area contributed by atoms with Crippen LogP contribution in [0, 0.1) is 23.1 Å². The van der Waals surface area contributed by atoms with Gasteiger partial charge < -0.3 is 14.5 Å². The number of para-hydroxylation sites is 1. The molecule has 1 fully saturated rings. The summed E-state index contributed by atoms with van der Waals surface area (Å²) < 4.78 is 18.7. The van der Waals surface area contributed by atoms with Crippen molar-refractivity contribution in [3.8, 4) is 11.8 Å². The van der Waals surface area contributed by atoms with Crippen molar-refractivity contribution in [1.29, 1.82) is 5.26 Å². The summed E-state index contributed by atoms with van der Waals surface area (Å²) in [6.07, 6.45) is 3.71. The van der Waals surface area contributed by atoms with Crippen LogP contribution in [-0.2, 0) is 11.3 Å². The van der Waals surface area contributed by atoms with Crippen LogP contribution in [0.2, 0.25) is 0 Å². The molecule has 1 aromatic carbocycles. The summed E-state index contributed by atoms with van der Waals surface area (Å²) in [7, 11) is 0. The highest BCUT2D eigenvalue weighted by molar-refractivity contribution is 5.79. The van der Waals surface area contributed by atoms with E-state index in [1.807, 2.05) is 21.9 Å². The number of nitriles is 1. The van der Waals surface area contributed by atoms with E-state index in [4.69, 9.17) is 4.74 Å². The molecule has 0 unspecified atom stereocenters. The lowest BCUT2D eigenvalue weighted by atomic mass is 9.95. The molecule has 2 aromatic rings. The molecule has 0 N–H and O–H groups in total. The minimum atomic E-state index is -0.461. The number of nitrogens with zero attached hydrogens (tertiary/aromatic N) is 5. The number of fused-ring (bicyclic) bond motifs is 1. The van der Waals surface area contributed by atoms with Gasteiger partial charge in [-0.2, -0.15) is 5.26 Å². The Kier molecular flexibility index (Phi) is 5.06. The lowest BCUT2D eigenvalue weighted by Gasteiger charge is -2.33. The third-order valence-corrected chi connectivity index (χ3v) is 5.23. The van der Waals surface area contributed by atoms with Crippen LogP contribution in [0.25, 0.3) is 0 Å². The first-order valence-electron chi connectivity index (χ1n) is 9.32. The number of ether oxygens (including phenoxy) is 1. The van der Waals surface area contributed by atoms with Gasteiger partial charge in [0.15, 0.2) is 5.82 Å². The maximum atomic E-state index is 13.1. The van der Waals surface area contributed by atoms with Gasteiger partial charge >= 0.3 is 0 Å². The van der Waals surface area contributed by atoms with E-state index in [0.29, 0.717) is 62.9 Å². The summed E-state index contributed by atoms with van der Waals surface area (Å²) in [5.74, 6) is 0.657. The zero-order chi connectivity index (χ0) is 19.5. The molecule has 28 heavy (non-hydrogen) atoms. The Balaban J connectivity index is 1.41. The van der Waals surface area contributed by atoms with Crippen molar-refractivity contribution < 1.29 is 13.9 Å². The fourth-order valence-electron chi connectivity index (χ4n) is 3.75. The number of halogens is 1. The Morgan fingerprint density at radius 2 is 1.96 bits per heavy atom. The molecule has 2 aliphatic rings. The van der Waals surface area contributed by atoms with Crippen LogP contribution in [0.3, 0.4) is 0 Å². The van der Waals surface area contributed by atoms with Gasteiger partial charge in [-0.3, -0.25) is 4.79 Å². The van der Waals surface area contributed by atoms with E-state index in [-0.39, 0.29) is 11.8 Å². The highest BCUT2D eigenvalue weighted by Crippen LogP contribution is 2.29. The molecule has 7 nitrogen and oxygen atoms in total. The average Bonchev–Trinajstić information content (AvgIpc) is 2.96. The molecule has 0 radical (unpaired) electrons. The minimum absolute atomic E-state index is 0.0719. The van der Waals surface area contributed by atoms with Crippen LogP contribution in [0.1, 0.15) is 24.0 Å². The summed E-state index contributed by atoms with van der Waals surface area (Å²) >= 11 is 0. The SMILES string of the molecule is N#Cc1cccc2c1OCCN(C(=O)C1CCN(c3ncc(F)cn3)CC1)C2. The van der Waals surface area contributed by atoms with Crippen molar-refractivity contribution in [3.05, 3.63) is 47.5 Å². The van der Waals surface area contributed by atoms with Crippen molar-refractivity contribution in [1.82, 2.24) is 14.9 Å². The third-order valence-electron chi connectivity index (χ3n) is 5.23. The number of carbonyl (C=O) groups is 1. The van der Waals surface area contributed by atoms with Crippen molar-refractivity contribution in [3.63, 3.8) is 0 Å². The predicted molar refractivity (Wildman–Crippen MR) is 99.0 cm³/mol. The lowest BCUT2D eigenvalue weighted by molar-refractivity contribution is -0.137. The standard InChI is InChI=1S/C20H20FN5O2/c21-17-11-23-20(24-12-17)25-6-4-14(5-7-25)19(27)26-8-9-28-18-15(10-22)2-1-3-16(18)13-26/h1-3,11-12,14H,4-9,13H2. The molecule has 2 aliphatic heterocycles. The van der Waals surface area contributed by atoms with Crippen molar-refractivity contribution in [2.75, 3.05) is 31.1 Å². The number of aromatic nitrogens is 2. The second-order valence-electron chi connectivity index (χ2n) is 6.98. The summed E-state index contributed by atoms with van der Waals surface area (Å²) in [5, 5.41) is 9.25.